The number of aromatic nitrogens is 2. The van der Waals surface area contributed by atoms with Crippen molar-refractivity contribution < 1.29 is 4.21 Å². The lowest BCUT2D eigenvalue weighted by molar-refractivity contribution is 0.405. The Morgan fingerprint density at radius 2 is 1.85 bits per heavy atom. The van der Waals surface area contributed by atoms with Gasteiger partial charge in [-0.15, -0.1) is 0 Å². The second-order valence-corrected chi connectivity index (χ2v) is 6.78. The largest absolute Gasteiger partial charge is 0.317 e. The zero-order chi connectivity index (χ0) is 13.9. The van der Waals surface area contributed by atoms with E-state index in [-0.39, 0.29) is 5.15 Å². The highest BCUT2D eigenvalue weighted by molar-refractivity contribution is 7.85. The molecule has 1 atom stereocenters. The van der Waals surface area contributed by atoms with Gasteiger partial charge in [0.1, 0.15) is 0 Å². The third-order valence-electron chi connectivity index (χ3n) is 3.56. The molecule has 1 aliphatic heterocycles. The minimum absolute atomic E-state index is 0.260. The molecule has 1 saturated heterocycles. The van der Waals surface area contributed by atoms with Crippen LogP contribution in [-0.2, 0) is 10.8 Å². The normalized spacial score (nSPS) is 18.2. The standard InChI is InChI=1S/C14H16ClN3OS/c15-13-14(18-12-4-2-1-3-11(12)17-13)20(19)9-10-5-7-16-8-6-10/h1-4,10,16H,5-9H2. The molecule has 0 radical (unpaired) electrons. The Hall–Kier alpha value is -1.04. The van der Waals surface area contributed by atoms with E-state index in [1.807, 2.05) is 24.3 Å². The van der Waals surface area contributed by atoms with E-state index in [9.17, 15) is 4.21 Å². The molecule has 3 rings (SSSR count). The van der Waals surface area contributed by atoms with Gasteiger partial charge >= 0.3 is 0 Å². The molecule has 1 aromatic heterocycles. The van der Waals surface area contributed by atoms with Gasteiger partial charge in [0.15, 0.2) is 10.2 Å². The van der Waals surface area contributed by atoms with Gasteiger partial charge in [0.05, 0.1) is 21.8 Å². The van der Waals surface area contributed by atoms with Crippen LogP contribution in [0, 0.1) is 5.92 Å². The van der Waals surface area contributed by atoms with Crippen molar-refractivity contribution in [2.45, 2.75) is 17.9 Å². The molecule has 0 saturated carbocycles. The average Bonchev–Trinajstić information content (AvgIpc) is 2.47. The highest BCUT2D eigenvalue weighted by atomic mass is 35.5. The van der Waals surface area contributed by atoms with Crippen LogP contribution in [0.3, 0.4) is 0 Å². The van der Waals surface area contributed by atoms with E-state index in [2.05, 4.69) is 15.3 Å². The average molecular weight is 310 g/mol. The van der Waals surface area contributed by atoms with Crippen LogP contribution in [0.5, 0.6) is 0 Å². The van der Waals surface area contributed by atoms with E-state index in [1.54, 1.807) is 0 Å². The van der Waals surface area contributed by atoms with Crippen molar-refractivity contribution in [3.63, 3.8) is 0 Å². The molecule has 20 heavy (non-hydrogen) atoms. The molecule has 1 N–H and O–H groups in total. The fraction of sp³-hybridized carbons (Fsp3) is 0.429. The van der Waals surface area contributed by atoms with Gasteiger partial charge in [0, 0.05) is 5.75 Å². The SMILES string of the molecule is O=S(CC1CCNCC1)c1nc2ccccc2nc1Cl. The molecule has 2 aromatic rings. The van der Waals surface area contributed by atoms with E-state index in [1.165, 1.54) is 0 Å². The Balaban J connectivity index is 1.84. The first-order valence-corrected chi connectivity index (χ1v) is 8.45. The first kappa shape index (κ1) is 13.9. The van der Waals surface area contributed by atoms with E-state index in [0.717, 1.165) is 37.0 Å². The van der Waals surface area contributed by atoms with E-state index in [0.29, 0.717) is 16.7 Å². The predicted molar refractivity (Wildman–Crippen MR) is 81.4 cm³/mol. The van der Waals surface area contributed by atoms with Crippen LogP contribution in [0.1, 0.15) is 12.8 Å². The smallest absolute Gasteiger partial charge is 0.165 e. The molecule has 0 aliphatic carbocycles. The molecular formula is C14H16ClN3OS. The number of nitrogens with one attached hydrogen (secondary N) is 1. The number of halogens is 1. The van der Waals surface area contributed by atoms with Crippen LogP contribution in [-0.4, -0.2) is 33.0 Å². The van der Waals surface area contributed by atoms with Gasteiger partial charge in [-0.2, -0.15) is 0 Å². The fourth-order valence-electron chi connectivity index (χ4n) is 2.45. The van der Waals surface area contributed by atoms with Crippen molar-refractivity contribution in [2.24, 2.45) is 5.92 Å². The summed E-state index contributed by atoms with van der Waals surface area (Å²) in [4.78, 5) is 8.72. The maximum Gasteiger partial charge on any atom is 0.165 e. The highest BCUT2D eigenvalue weighted by Crippen LogP contribution is 2.22. The fourth-order valence-corrected chi connectivity index (χ4v) is 4.19. The summed E-state index contributed by atoms with van der Waals surface area (Å²) in [6.07, 6.45) is 2.12. The summed E-state index contributed by atoms with van der Waals surface area (Å²) in [5, 5.41) is 3.99. The molecule has 0 spiro atoms. The quantitative estimate of drug-likeness (QED) is 0.946. The van der Waals surface area contributed by atoms with E-state index >= 15 is 0 Å². The van der Waals surface area contributed by atoms with Crippen molar-refractivity contribution in [2.75, 3.05) is 18.8 Å². The number of benzene rings is 1. The topological polar surface area (TPSA) is 54.9 Å². The van der Waals surface area contributed by atoms with Crippen molar-refractivity contribution in [3.8, 4) is 0 Å². The van der Waals surface area contributed by atoms with Gasteiger partial charge in [-0.3, -0.25) is 4.21 Å². The highest BCUT2D eigenvalue weighted by Gasteiger charge is 2.20. The van der Waals surface area contributed by atoms with Gasteiger partial charge in [0.2, 0.25) is 0 Å². The number of para-hydroxylation sites is 2. The molecule has 4 nitrogen and oxygen atoms in total. The number of piperidine rings is 1. The van der Waals surface area contributed by atoms with Gasteiger partial charge in [-0.25, -0.2) is 9.97 Å². The van der Waals surface area contributed by atoms with Crippen LogP contribution in [0.15, 0.2) is 29.3 Å². The third kappa shape index (κ3) is 3.00. The van der Waals surface area contributed by atoms with E-state index in [4.69, 9.17) is 11.6 Å². The number of hydrogen-bond donors (Lipinski definition) is 1. The van der Waals surface area contributed by atoms with Crippen LogP contribution < -0.4 is 5.32 Å². The number of hydrogen-bond acceptors (Lipinski definition) is 4. The van der Waals surface area contributed by atoms with Gasteiger partial charge in [-0.1, -0.05) is 23.7 Å². The van der Waals surface area contributed by atoms with Gasteiger partial charge in [-0.05, 0) is 44.0 Å². The molecule has 6 heteroatoms. The summed E-state index contributed by atoms with van der Waals surface area (Å²) in [5.74, 6) is 1.09. The minimum Gasteiger partial charge on any atom is -0.317 e. The van der Waals surface area contributed by atoms with Crippen molar-refractivity contribution >= 4 is 33.4 Å². The Kier molecular flexibility index (Phi) is 4.29. The molecular weight excluding hydrogens is 294 g/mol. The first-order valence-electron chi connectivity index (χ1n) is 6.75. The summed E-state index contributed by atoms with van der Waals surface area (Å²) < 4.78 is 12.5. The summed E-state index contributed by atoms with van der Waals surface area (Å²) in [6, 6.07) is 7.50. The second kappa shape index (κ2) is 6.16. The zero-order valence-electron chi connectivity index (χ0n) is 11.0. The lowest BCUT2D eigenvalue weighted by Gasteiger charge is -2.21. The van der Waals surface area contributed by atoms with Crippen molar-refractivity contribution in [1.29, 1.82) is 0 Å². The molecule has 1 fully saturated rings. The Bertz CT molecular complexity index is 643. The Labute approximate surface area is 125 Å². The van der Waals surface area contributed by atoms with Crippen LogP contribution in [0.2, 0.25) is 5.15 Å². The van der Waals surface area contributed by atoms with Crippen LogP contribution in [0.4, 0.5) is 0 Å². The lowest BCUT2D eigenvalue weighted by Crippen LogP contribution is -2.30. The van der Waals surface area contributed by atoms with Crippen molar-refractivity contribution in [3.05, 3.63) is 29.4 Å². The van der Waals surface area contributed by atoms with E-state index < -0.39 is 10.8 Å². The molecule has 106 valence electrons. The lowest BCUT2D eigenvalue weighted by atomic mass is 10.0. The minimum atomic E-state index is -1.18. The second-order valence-electron chi connectivity index (χ2n) is 5.01. The van der Waals surface area contributed by atoms with Crippen LogP contribution >= 0.6 is 11.6 Å². The summed E-state index contributed by atoms with van der Waals surface area (Å²) >= 11 is 6.14. The van der Waals surface area contributed by atoms with Gasteiger partial charge < -0.3 is 5.32 Å². The van der Waals surface area contributed by atoms with Crippen LogP contribution in [0.25, 0.3) is 11.0 Å². The Morgan fingerprint density at radius 3 is 2.55 bits per heavy atom. The molecule has 1 aromatic carbocycles. The number of nitrogens with zero attached hydrogens (tertiary/aromatic N) is 2. The number of fused-ring (bicyclic) bond motifs is 1. The molecule has 0 bridgehead atoms. The summed E-state index contributed by atoms with van der Waals surface area (Å²) in [7, 11) is -1.18. The molecule has 2 heterocycles. The van der Waals surface area contributed by atoms with Crippen molar-refractivity contribution in [1.82, 2.24) is 15.3 Å². The third-order valence-corrected chi connectivity index (χ3v) is 5.43. The van der Waals surface area contributed by atoms with Gasteiger partial charge in [0.25, 0.3) is 0 Å². The predicted octanol–water partition coefficient (Wildman–Crippen LogP) is 2.39. The zero-order valence-corrected chi connectivity index (χ0v) is 12.6. The summed E-state index contributed by atoms with van der Waals surface area (Å²) in [6.45, 7) is 2.00. The molecule has 1 unspecified atom stereocenters. The maximum atomic E-state index is 12.5. The molecule has 1 aliphatic rings. The monoisotopic (exact) mass is 309 g/mol. The molecule has 0 amide bonds. The number of rotatable bonds is 3. The Morgan fingerprint density at radius 1 is 1.20 bits per heavy atom. The maximum absolute atomic E-state index is 12.5. The first-order chi connectivity index (χ1) is 9.74. The summed E-state index contributed by atoms with van der Waals surface area (Å²) in [5.41, 5.74) is 1.48.